The number of para-hydroxylation sites is 1. The van der Waals surface area contributed by atoms with E-state index in [1.165, 1.54) is 6.07 Å². The van der Waals surface area contributed by atoms with Crippen molar-refractivity contribution in [3.63, 3.8) is 0 Å². The van der Waals surface area contributed by atoms with Gasteiger partial charge in [-0.05, 0) is 24.3 Å². The molecule has 0 saturated heterocycles. The molecule has 6 nitrogen and oxygen atoms in total. The van der Waals surface area contributed by atoms with Gasteiger partial charge in [0.25, 0.3) is 0 Å². The van der Waals surface area contributed by atoms with Crippen LogP contribution in [-0.2, 0) is 0 Å². The van der Waals surface area contributed by atoms with E-state index in [9.17, 15) is 9.59 Å². The highest BCUT2D eigenvalue weighted by atomic mass is 16.4. The van der Waals surface area contributed by atoms with E-state index < -0.39 is 11.5 Å². The predicted molar refractivity (Wildman–Crippen MR) is 79.7 cm³/mol. The van der Waals surface area contributed by atoms with Gasteiger partial charge in [0.2, 0.25) is 0 Å². The van der Waals surface area contributed by atoms with E-state index in [0.29, 0.717) is 22.0 Å². The van der Waals surface area contributed by atoms with Gasteiger partial charge in [-0.2, -0.15) is 0 Å². The highest BCUT2D eigenvalue weighted by Crippen LogP contribution is 2.14. The van der Waals surface area contributed by atoms with Gasteiger partial charge >= 0.3 is 11.5 Å². The highest BCUT2D eigenvalue weighted by Gasteiger charge is 2.18. The molecule has 0 aliphatic carbocycles. The third kappa shape index (κ3) is 1.89. The van der Waals surface area contributed by atoms with Crippen LogP contribution in [0.4, 0.5) is 0 Å². The zero-order chi connectivity index (χ0) is 15.1. The maximum absolute atomic E-state index is 12.5. The fourth-order valence-corrected chi connectivity index (χ4v) is 2.27. The van der Waals surface area contributed by atoms with Gasteiger partial charge in [-0.25, -0.2) is 4.79 Å². The zero-order valence-electron chi connectivity index (χ0n) is 11.3. The molecule has 0 aliphatic heterocycles. The molecule has 0 aliphatic rings. The number of rotatable bonds is 1. The van der Waals surface area contributed by atoms with E-state index in [1.807, 2.05) is 0 Å². The van der Waals surface area contributed by atoms with Crippen molar-refractivity contribution in [1.82, 2.24) is 15.0 Å². The van der Waals surface area contributed by atoms with Crippen LogP contribution in [0.15, 0.2) is 63.8 Å². The van der Waals surface area contributed by atoms with E-state index in [-0.39, 0.29) is 5.56 Å². The van der Waals surface area contributed by atoms with Gasteiger partial charge in [-0.1, -0.05) is 30.3 Å². The summed E-state index contributed by atoms with van der Waals surface area (Å²) in [6, 6.07) is 15.6. The Bertz CT molecular complexity index is 1050. The van der Waals surface area contributed by atoms with Crippen LogP contribution in [0, 0.1) is 0 Å². The Morgan fingerprint density at radius 3 is 2.32 bits per heavy atom. The Kier molecular flexibility index (Phi) is 2.62. The average molecular weight is 291 g/mol. The first-order chi connectivity index (χ1) is 10.7. The minimum Gasteiger partial charge on any atom is -0.422 e. The molecule has 4 aromatic rings. The first-order valence-electron chi connectivity index (χ1n) is 6.62. The summed E-state index contributed by atoms with van der Waals surface area (Å²) in [5.41, 5.74) is 0.800. The van der Waals surface area contributed by atoms with Crippen molar-refractivity contribution >= 4 is 27.9 Å². The van der Waals surface area contributed by atoms with E-state index in [4.69, 9.17) is 4.42 Å². The second kappa shape index (κ2) is 4.63. The second-order valence-corrected chi connectivity index (χ2v) is 4.77. The smallest absolute Gasteiger partial charge is 0.349 e. The van der Waals surface area contributed by atoms with Gasteiger partial charge in [-0.3, -0.25) is 4.79 Å². The van der Waals surface area contributed by atoms with Gasteiger partial charge in [-0.15, -0.1) is 15.0 Å². The third-order valence-corrected chi connectivity index (χ3v) is 3.34. The topological polar surface area (TPSA) is 78.0 Å². The lowest BCUT2D eigenvalue weighted by atomic mass is 10.2. The normalized spacial score (nSPS) is 11.1. The van der Waals surface area contributed by atoms with Crippen LogP contribution in [0.1, 0.15) is 10.4 Å². The van der Waals surface area contributed by atoms with E-state index >= 15 is 0 Å². The molecule has 6 heteroatoms. The van der Waals surface area contributed by atoms with Gasteiger partial charge in [0.15, 0.2) is 0 Å². The Morgan fingerprint density at radius 1 is 0.955 bits per heavy atom. The number of carbonyl (C=O) groups is 1. The summed E-state index contributed by atoms with van der Waals surface area (Å²) in [6.07, 6.45) is 0. The molecule has 2 aromatic heterocycles. The van der Waals surface area contributed by atoms with Gasteiger partial charge < -0.3 is 4.42 Å². The summed E-state index contributed by atoms with van der Waals surface area (Å²) >= 11 is 0. The maximum atomic E-state index is 12.5. The number of aromatic nitrogens is 3. The van der Waals surface area contributed by atoms with Crippen molar-refractivity contribution in [2.45, 2.75) is 0 Å². The van der Waals surface area contributed by atoms with Crippen LogP contribution in [0.5, 0.6) is 0 Å². The van der Waals surface area contributed by atoms with Crippen molar-refractivity contribution in [3.8, 4) is 0 Å². The van der Waals surface area contributed by atoms with Crippen LogP contribution in [0.25, 0.3) is 22.0 Å². The van der Waals surface area contributed by atoms with Crippen LogP contribution < -0.4 is 5.63 Å². The van der Waals surface area contributed by atoms with Crippen LogP contribution in [-0.4, -0.2) is 20.9 Å². The Hall–Kier alpha value is -3.28. The Morgan fingerprint density at radius 2 is 1.59 bits per heavy atom. The molecule has 2 heterocycles. The molecule has 0 fully saturated rings. The van der Waals surface area contributed by atoms with E-state index in [1.54, 1.807) is 48.5 Å². The average Bonchev–Trinajstić information content (AvgIpc) is 2.97. The first kappa shape index (κ1) is 12.5. The molecular formula is C16H9N3O3. The number of carbonyl (C=O) groups excluding carboxylic acids is 1. The highest BCUT2D eigenvalue weighted by molar-refractivity contribution is 5.97. The second-order valence-electron chi connectivity index (χ2n) is 4.77. The summed E-state index contributed by atoms with van der Waals surface area (Å²) in [4.78, 5) is 25.4. The molecule has 0 saturated carbocycles. The molecule has 0 bridgehead atoms. The molecule has 4 rings (SSSR count). The quantitative estimate of drug-likeness (QED) is 0.502. The van der Waals surface area contributed by atoms with Gasteiger partial charge in [0, 0.05) is 5.39 Å². The van der Waals surface area contributed by atoms with Gasteiger partial charge in [0.1, 0.15) is 22.2 Å². The fourth-order valence-electron chi connectivity index (χ4n) is 2.27. The largest absolute Gasteiger partial charge is 0.422 e. The third-order valence-electron chi connectivity index (χ3n) is 3.34. The molecule has 0 atom stereocenters. The minimum absolute atomic E-state index is 0.0981. The summed E-state index contributed by atoms with van der Waals surface area (Å²) in [5, 5.41) is 8.84. The summed E-state index contributed by atoms with van der Waals surface area (Å²) in [5.74, 6) is -0.615. The van der Waals surface area contributed by atoms with E-state index in [2.05, 4.69) is 10.2 Å². The minimum atomic E-state index is -0.704. The molecule has 0 unspecified atom stereocenters. The SMILES string of the molecule is O=C(c1cc2ccccc2oc1=O)n1nc2ccccc2n1. The summed E-state index contributed by atoms with van der Waals surface area (Å²) < 4.78 is 5.16. The lowest BCUT2D eigenvalue weighted by Crippen LogP contribution is -2.22. The number of hydrogen-bond acceptors (Lipinski definition) is 5. The first-order valence-corrected chi connectivity index (χ1v) is 6.62. The standard InChI is InChI=1S/C16H9N3O3/c20-15(19-17-12-6-2-3-7-13(12)18-19)11-9-10-5-1-4-8-14(10)22-16(11)21/h1-9H. The van der Waals surface area contributed by atoms with Crippen molar-refractivity contribution in [2.24, 2.45) is 0 Å². The van der Waals surface area contributed by atoms with Crippen LogP contribution >= 0.6 is 0 Å². The van der Waals surface area contributed by atoms with Crippen LogP contribution in [0.2, 0.25) is 0 Å². The zero-order valence-corrected chi connectivity index (χ0v) is 11.3. The number of nitrogens with zero attached hydrogens (tertiary/aromatic N) is 3. The lowest BCUT2D eigenvalue weighted by Gasteiger charge is -2.00. The van der Waals surface area contributed by atoms with Crippen molar-refractivity contribution in [1.29, 1.82) is 0 Å². The number of hydrogen-bond donors (Lipinski definition) is 0. The molecule has 106 valence electrons. The number of fused-ring (bicyclic) bond motifs is 2. The Balaban J connectivity index is 1.88. The molecular weight excluding hydrogens is 282 g/mol. The summed E-state index contributed by atoms with van der Waals surface area (Å²) in [7, 11) is 0. The van der Waals surface area contributed by atoms with Crippen molar-refractivity contribution in [3.05, 3.63) is 70.6 Å². The van der Waals surface area contributed by atoms with Crippen molar-refractivity contribution in [2.75, 3.05) is 0 Å². The van der Waals surface area contributed by atoms with E-state index in [0.717, 1.165) is 4.80 Å². The fraction of sp³-hybridized carbons (Fsp3) is 0. The van der Waals surface area contributed by atoms with Crippen LogP contribution in [0.3, 0.4) is 0 Å². The van der Waals surface area contributed by atoms with Crippen molar-refractivity contribution < 1.29 is 9.21 Å². The Labute approximate surface area is 123 Å². The number of benzene rings is 2. The molecule has 22 heavy (non-hydrogen) atoms. The molecule has 2 aromatic carbocycles. The monoisotopic (exact) mass is 291 g/mol. The summed E-state index contributed by atoms with van der Waals surface area (Å²) in [6.45, 7) is 0. The molecule has 0 spiro atoms. The lowest BCUT2D eigenvalue weighted by molar-refractivity contribution is 0.0925. The predicted octanol–water partition coefficient (Wildman–Crippen LogP) is 2.23. The maximum Gasteiger partial charge on any atom is 0.349 e. The molecule has 0 N–H and O–H groups in total. The molecule has 0 radical (unpaired) electrons. The van der Waals surface area contributed by atoms with Gasteiger partial charge in [0.05, 0.1) is 0 Å². The molecule has 0 amide bonds.